The zero-order valence-corrected chi connectivity index (χ0v) is 29.7. The van der Waals surface area contributed by atoms with Crippen LogP contribution < -0.4 is 17.0 Å². The van der Waals surface area contributed by atoms with Crippen molar-refractivity contribution < 1.29 is 75.2 Å². The molecule has 0 radical (unpaired) electrons. The van der Waals surface area contributed by atoms with Crippen LogP contribution >= 0.6 is 23.5 Å². The highest BCUT2D eigenvalue weighted by molar-refractivity contribution is 7.66. The van der Waals surface area contributed by atoms with Crippen LogP contribution in [0.1, 0.15) is 24.3 Å². The van der Waals surface area contributed by atoms with Crippen LogP contribution in [0.5, 0.6) is 0 Å². The van der Waals surface area contributed by atoms with E-state index in [9.17, 15) is 48.2 Å². The molecule has 0 saturated carbocycles. The third kappa shape index (κ3) is 8.03. The first-order valence-corrected chi connectivity index (χ1v) is 20.0. The molecule has 0 spiro atoms. The van der Waals surface area contributed by atoms with E-state index >= 15 is 0 Å². The third-order valence-corrected chi connectivity index (χ3v) is 12.5. The molecule has 0 amide bonds. The van der Waals surface area contributed by atoms with Crippen LogP contribution in [-0.4, -0.2) is 104 Å². The Labute approximate surface area is 300 Å². The Morgan fingerprint density at radius 3 is 2.11 bits per heavy atom. The zero-order chi connectivity index (χ0) is 38.6. The van der Waals surface area contributed by atoms with Gasteiger partial charge in [0, 0.05) is 17.8 Å². The number of aliphatic hydroxyl groups excluding tert-OH is 2. The molecule has 6 heterocycles. The second-order valence-electron chi connectivity index (χ2n) is 11.8. The van der Waals surface area contributed by atoms with Gasteiger partial charge in [-0.05, 0) is 0 Å². The number of nitrogens with zero attached hydrogens (tertiary/aromatic N) is 5. The van der Waals surface area contributed by atoms with Crippen molar-refractivity contribution in [2.75, 3.05) is 18.9 Å². The summed E-state index contributed by atoms with van der Waals surface area (Å²) < 4.78 is 81.3. The Hall–Kier alpha value is -3.58. The van der Waals surface area contributed by atoms with Crippen LogP contribution in [0.25, 0.3) is 11.2 Å². The number of H-pyrrole nitrogens is 1. The molecule has 28 heteroatoms. The molecule has 3 aliphatic rings. The topological polar surface area (TPSA) is 351 Å². The number of hydrogen-bond donors (Lipinski definition) is 7. The van der Waals surface area contributed by atoms with E-state index in [-0.39, 0.29) is 17.0 Å². The Bertz CT molecular complexity index is 2280. The summed E-state index contributed by atoms with van der Waals surface area (Å²) in [6, 6.07) is 9.60. The van der Waals surface area contributed by atoms with Gasteiger partial charge in [-0.15, -0.1) is 0 Å². The number of nitrogens with one attached hydrogen (secondary N) is 1. The number of phosphoric acid groups is 3. The minimum atomic E-state index is -5.96. The minimum Gasteiger partial charge on any atom is -0.387 e. The average Bonchev–Trinajstić information content (AvgIpc) is 3.86. The van der Waals surface area contributed by atoms with E-state index in [1.165, 1.54) is 10.9 Å². The van der Waals surface area contributed by atoms with Crippen LogP contribution in [0.15, 0.2) is 64.8 Å². The number of aliphatic hydroxyl groups is 2. The number of anilines is 1. The highest BCUT2D eigenvalue weighted by Crippen LogP contribution is 2.68. The maximum Gasteiger partial charge on any atom is 0.490 e. The van der Waals surface area contributed by atoms with Crippen molar-refractivity contribution in [1.29, 1.82) is 0 Å². The van der Waals surface area contributed by atoms with Gasteiger partial charge in [0.2, 0.25) is 0 Å². The molecule has 4 aromatic rings. The molecule has 7 rings (SSSR count). The van der Waals surface area contributed by atoms with Crippen molar-refractivity contribution in [2.45, 2.75) is 55.4 Å². The SMILES string of the molecule is Nc1ncnc2c1ncn2[C@@H]1O[C@H](COP(=O)(O)OP(=O)(O)OP(=O)(O)OC[C@H]2O[C@@H](n3ccc(=O)[nH]c3=O)[C@@H]3OC(c4ccccc4)O[C@@H]32)[C@@H](O)[C@H]1O. The summed E-state index contributed by atoms with van der Waals surface area (Å²) in [5.74, 6) is 0.0164. The van der Waals surface area contributed by atoms with E-state index in [4.69, 9.17) is 29.2 Å². The normalized spacial score (nSPS) is 31.5. The highest BCUT2D eigenvalue weighted by Gasteiger charge is 2.55. The van der Waals surface area contributed by atoms with E-state index in [1.807, 2.05) is 0 Å². The molecule has 4 unspecified atom stereocenters. The van der Waals surface area contributed by atoms with E-state index in [2.05, 4.69) is 33.1 Å². The van der Waals surface area contributed by atoms with Crippen LogP contribution in [0.3, 0.4) is 0 Å². The number of nitrogens with two attached hydrogens (primary N) is 1. The van der Waals surface area contributed by atoms with E-state index < -0.39 is 103 Å². The lowest BCUT2D eigenvalue weighted by Crippen LogP contribution is -2.36. The molecule has 25 nitrogen and oxygen atoms in total. The molecule has 12 atom stereocenters. The summed E-state index contributed by atoms with van der Waals surface area (Å²) in [4.78, 5) is 68.6. The molecule has 0 bridgehead atoms. The minimum absolute atomic E-state index is 0.0164. The summed E-state index contributed by atoms with van der Waals surface area (Å²) in [6.07, 6.45) is -8.51. The van der Waals surface area contributed by atoms with E-state index in [0.717, 1.165) is 23.2 Å². The number of benzene rings is 1. The van der Waals surface area contributed by atoms with Crippen molar-refractivity contribution in [1.82, 2.24) is 29.1 Å². The Kier molecular flexibility index (Phi) is 10.6. The summed E-state index contributed by atoms with van der Waals surface area (Å²) in [5.41, 5.74) is 5.04. The van der Waals surface area contributed by atoms with Crippen LogP contribution in [0.4, 0.5) is 5.82 Å². The maximum atomic E-state index is 12.8. The lowest BCUT2D eigenvalue weighted by atomic mass is 10.1. The summed E-state index contributed by atoms with van der Waals surface area (Å²) in [5, 5.41) is 21.1. The number of hydrogen-bond acceptors (Lipinski definition) is 19. The average molecular weight is 821 g/mol. The summed E-state index contributed by atoms with van der Waals surface area (Å²) in [7, 11) is -17.2. The number of ether oxygens (including phenoxy) is 4. The van der Waals surface area contributed by atoms with Crippen LogP contribution in [-0.2, 0) is 50.3 Å². The molecular formula is C26H30N7O18P3. The number of imidazole rings is 1. The maximum absolute atomic E-state index is 12.8. The van der Waals surface area contributed by atoms with Crippen molar-refractivity contribution in [3.63, 3.8) is 0 Å². The molecule has 0 aliphatic carbocycles. The van der Waals surface area contributed by atoms with Crippen molar-refractivity contribution in [3.05, 3.63) is 81.7 Å². The first-order valence-electron chi connectivity index (χ1n) is 15.5. The van der Waals surface area contributed by atoms with Gasteiger partial charge in [0.25, 0.3) is 5.56 Å². The Morgan fingerprint density at radius 1 is 0.778 bits per heavy atom. The first-order chi connectivity index (χ1) is 25.5. The predicted molar refractivity (Wildman–Crippen MR) is 173 cm³/mol. The standard InChI is InChI=1S/C26H30N7O18P3/c27-21-16-22(29-10-28-21)33(11-30-16)23-18(36)17(35)13(46-23)8-44-52(38,39)50-54(42,43)51-53(40,41)45-9-14-19-20(49-25(48-19)12-4-2-1-3-5-12)24(47-14)32-7-6-15(34)31-26(32)37/h1-7,10-11,13-14,17-20,23-25,35-36H,8-9H2,(H,38,39)(H,40,41)(H,42,43)(H2,27,28,29)(H,31,34,37)/t13-,14-,17-,18-,19-,20-,23-,24-,25?/m1/s1. The number of aromatic amines is 1. The van der Waals surface area contributed by atoms with Gasteiger partial charge in [-0.3, -0.25) is 28.0 Å². The smallest absolute Gasteiger partial charge is 0.387 e. The van der Waals surface area contributed by atoms with Crippen molar-refractivity contribution in [3.8, 4) is 0 Å². The van der Waals surface area contributed by atoms with Gasteiger partial charge in [0.15, 0.2) is 30.2 Å². The van der Waals surface area contributed by atoms with Gasteiger partial charge < -0.3 is 49.6 Å². The van der Waals surface area contributed by atoms with Crippen LogP contribution in [0.2, 0.25) is 0 Å². The molecule has 3 fully saturated rings. The zero-order valence-electron chi connectivity index (χ0n) is 27.0. The second kappa shape index (κ2) is 14.8. The quantitative estimate of drug-likeness (QED) is 0.0822. The Balaban J connectivity index is 0.968. The van der Waals surface area contributed by atoms with Crippen molar-refractivity contribution in [2.24, 2.45) is 0 Å². The molecule has 3 aromatic heterocycles. The van der Waals surface area contributed by atoms with Gasteiger partial charge in [0.1, 0.15) is 48.5 Å². The van der Waals surface area contributed by atoms with Gasteiger partial charge in [-0.2, -0.15) is 8.62 Å². The van der Waals surface area contributed by atoms with Crippen LogP contribution in [0, 0.1) is 0 Å². The lowest BCUT2D eigenvalue weighted by Gasteiger charge is -2.23. The highest BCUT2D eigenvalue weighted by atomic mass is 31.3. The van der Waals surface area contributed by atoms with Gasteiger partial charge in [-0.25, -0.2) is 33.4 Å². The predicted octanol–water partition coefficient (Wildman–Crippen LogP) is -0.674. The fourth-order valence-electron chi connectivity index (χ4n) is 5.90. The molecule has 3 saturated heterocycles. The second-order valence-corrected chi connectivity index (χ2v) is 16.5. The number of rotatable bonds is 13. The molecule has 292 valence electrons. The lowest BCUT2D eigenvalue weighted by molar-refractivity contribution is -0.154. The number of aromatic nitrogens is 6. The summed E-state index contributed by atoms with van der Waals surface area (Å²) >= 11 is 0. The molecule has 1 aromatic carbocycles. The van der Waals surface area contributed by atoms with Gasteiger partial charge in [-0.1, -0.05) is 30.3 Å². The first kappa shape index (κ1) is 38.7. The monoisotopic (exact) mass is 821 g/mol. The number of fused-ring (bicyclic) bond motifs is 2. The van der Waals surface area contributed by atoms with Gasteiger partial charge in [0.05, 0.1) is 19.5 Å². The molecule has 3 aliphatic heterocycles. The fourth-order valence-corrected chi connectivity index (χ4v) is 9.42. The molecule has 54 heavy (non-hydrogen) atoms. The summed E-state index contributed by atoms with van der Waals surface area (Å²) in [6.45, 7) is -1.92. The largest absolute Gasteiger partial charge is 0.490 e. The van der Waals surface area contributed by atoms with Gasteiger partial charge >= 0.3 is 29.2 Å². The van der Waals surface area contributed by atoms with Crippen molar-refractivity contribution >= 4 is 40.4 Å². The number of nitrogen functional groups attached to an aromatic ring is 1. The van der Waals surface area contributed by atoms with E-state index in [0.29, 0.717) is 5.56 Å². The number of phosphoric ester groups is 2. The van der Waals surface area contributed by atoms with E-state index in [1.54, 1.807) is 30.3 Å². The fraction of sp³-hybridized carbons (Fsp3) is 0.423. The third-order valence-electron chi connectivity index (χ3n) is 8.26. The molecular weight excluding hydrogens is 791 g/mol. The Morgan fingerprint density at radius 2 is 1.43 bits per heavy atom. The molecule has 8 N–H and O–H groups in total.